The number of rotatable bonds is 6. The summed E-state index contributed by atoms with van der Waals surface area (Å²) >= 11 is 0. The molecule has 4 heteroatoms. The molecule has 1 aromatic heterocycles. The number of nitrogens with one attached hydrogen (secondary N) is 1. The Morgan fingerprint density at radius 1 is 1.35 bits per heavy atom. The van der Waals surface area contributed by atoms with Crippen molar-refractivity contribution in [1.82, 2.24) is 10.4 Å². The van der Waals surface area contributed by atoms with E-state index in [1.807, 2.05) is 18.2 Å². The average Bonchev–Trinajstić information content (AvgIpc) is 2.46. The molecule has 0 amide bonds. The molecule has 108 valence electrons. The Morgan fingerprint density at radius 2 is 2.10 bits per heavy atom. The van der Waals surface area contributed by atoms with Crippen molar-refractivity contribution in [1.29, 1.82) is 0 Å². The van der Waals surface area contributed by atoms with Crippen LogP contribution in [0.1, 0.15) is 30.6 Å². The Kier molecular flexibility index (Phi) is 5.06. The zero-order valence-electron chi connectivity index (χ0n) is 12.4. The van der Waals surface area contributed by atoms with E-state index in [9.17, 15) is 0 Å². The van der Waals surface area contributed by atoms with Crippen LogP contribution in [0.4, 0.5) is 0 Å². The molecule has 0 fully saturated rings. The quantitative estimate of drug-likeness (QED) is 0.627. The molecule has 0 aliphatic heterocycles. The summed E-state index contributed by atoms with van der Waals surface area (Å²) in [6.07, 6.45) is 0.943. The highest BCUT2D eigenvalue weighted by molar-refractivity contribution is 5.82. The third kappa shape index (κ3) is 3.15. The van der Waals surface area contributed by atoms with Crippen LogP contribution in [0.3, 0.4) is 0 Å². The number of nitrogens with two attached hydrogens (primary N) is 1. The summed E-state index contributed by atoms with van der Waals surface area (Å²) in [7, 11) is 1.72. The fourth-order valence-electron chi connectivity index (χ4n) is 2.55. The van der Waals surface area contributed by atoms with E-state index in [1.54, 1.807) is 7.11 Å². The van der Waals surface area contributed by atoms with Crippen LogP contribution in [0, 0.1) is 12.8 Å². The minimum atomic E-state index is 0.0356. The number of aryl methyl sites for hydroxylation is 1. The molecule has 20 heavy (non-hydrogen) atoms. The van der Waals surface area contributed by atoms with Gasteiger partial charge in [-0.2, -0.15) is 0 Å². The van der Waals surface area contributed by atoms with Crippen LogP contribution < -0.4 is 11.3 Å². The van der Waals surface area contributed by atoms with Crippen molar-refractivity contribution in [2.75, 3.05) is 13.7 Å². The summed E-state index contributed by atoms with van der Waals surface area (Å²) in [5.74, 6) is 6.10. The Morgan fingerprint density at radius 3 is 2.80 bits per heavy atom. The standard InChI is InChI=1S/C16H23N3O/c1-11(8-9-20-3)16(19-17)15-10-12(2)13-6-4-5-7-14(13)18-15/h4-7,10-11,16,19H,8-9,17H2,1-3H3. The fraction of sp³-hybridized carbons (Fsp3) is 0.438. The molecule has 2 rings (SSSR count). The summed E-state index contributed by atoms with van der Waals surface area (Å²) in [4.78, 5) is 4.75. The normalized spacial score (nSPS) is 14.4. The van der Waals surface area contributed by atoms with Crippen LogP contribution in [0.15, 0.2) is 30.3 Å². The second-order valence-electron chi connectivity index (χ2n) is 5.28. The molecule has 0 aliphatic rings. The third-order valence-corrected chi connectivity index (χ3v) is 3.79. The van der Waals surface area contributed by atoms with E-state index in [-0.39, 0.29) is 6.04 Å². The first-order chi connectivity index (χ1) is 9.67. The Bertz CT molecular complexity index is 571. The Balaban J connectivity index is 2.34. The Labute approximate surface area is 120 Å². The summed E-state index contributed by atoms with van der Waals surface area (Å²) in [5, 5.41) is 1.19. The molecule has 0 spiro atoms. The van der Waals surface area contributed by atoms with Crippen molar-refractivity contribution in [3.05, 3.63) is 41.6 Å². The van der Waals surface area contributed by atoms with E-state index >= 15 is 0 Å². The van der Waals surface area contributed by atoms with Crippen LogP contribution in [0.5, 0.6) is 0 Å². The molecule has 2 atom stereocenters. The summed E-state index contributed by atoms with van der Waals surface area (Å²) in [6, 6.07) is 10.3. The van der Waals surface area contributed by atoms with Gasteiger partial charge in [0.05, 0.1) is 17.3 Å². The number of methoxy groups -OCH3 is 1. The summed E-state index contributed by atoms with van der Waals surface area (Å²) in [5.41, 5.74) is 6.14. The number of pyridine rings is 1. The highest BCUT2D eigenvalue weighted by atomic mass is 16.5. The van der Waals surface area contributed by atoms with Crippen molar-refractivity contribution in [3.8, 4) is 0 Å². The first-order valence-electron chi connectivity index (χ1n) is 6.98. The maximum Gasteiger partial charge on any atom is 0.0708 e. The molecular weight excluding hydrogens is 250 g/mol. The molecule has 0 bridgehead atoms. The van der Waals surface area contributed by atoms with E-state index < -0.39 is 0 Å². The number of fused-ring (bicyclic) bond motifs is 1. The van der Waals surface area contributed by atoms with Crippen LogP contribution in [0.25, 0.3) is 10.9 Å². The number of hydrazine groups is 1. The monoisotopic (exact) mass is 273 g/mol. The summed E-state index contributed by atoms with van der Waals surface area (Å²) < 4.78 is 5.15. The van der Waals surface area contributed by atoms with Gasteiger partial charge in [-0.15, -0.1) is 0 Å². The first kappa shape index (κ1) is 14.9. The minimum absolute atomic E-state index is 0.0356. The van der Waals surface area contributed by atoms with E-state index in [0.717, 1.165) is 24.2 Å². The third-order valence-electron chi connectivity index (χ3n) is 3.79. The molecule has 0 saturated heterocycles. The predicted molar refractivity (Wildman–Crippen MR) is 82.2 cm³/mol. The number of hydrogen-bond acceptors (Lipinski definition) is 4. The van der Waals surface area contributed by atoms with Gasteiger partial charge >= 0.3 is 0 Å². The van der Waals surface area contributed by atoms with Crippen LogP contribution in [-0.4, -0.2) is 18.7 Å². The highest BCUT2D eigenvalue weighted by Crippen LogP contribution is 2.26. The molecule has 0 aliphatic carbocycles. The first-order valence-corrected chi connectivity index (χ1v) is 6.98. The van der Waals surface area contributed by atoms with Gasteiger partial charge in [0.25, 0.3) is 0 Å². The number of benzene rings is 1. The molecule has 1 heterocycles. The van der Waals surface area contributed by atoms with E-state index in [1.165, 1.54) is 10.9 Å². The van der Waals surface area contributed by atoms with Crippen LogP contribution >= 0.6 is 0 Å². The molecule has 3 N–H and O–H groups in total. The lowest BCUT2D eigenvalue weighted by molar-refractivity contribution is 0.170. The summed E-state index contributed by atoms with van der Waals surface area (Å²) in [6.45, 7) is 5.00. The largest absolute Gasteiger partial charge is 0.385 e. The van der Waals surface area contributed by atoms with Crippen molar-refractivity contribution >= 4 is 10.9 Å². The molecule has 1 aromatic carbocycles. The van der Waals surface area contributed by atoms with Crippen molar-refractivity contribution in [2.24, 2.45) is 11.8 Å². The fourth-order valence-corrected chi connectivity index (χ4v) is 2.55. The molecule has 0 saturated carbocycles. The lowest BCUT2D eigenvalue weighted by atomic mass is 9.94. The maximum absolute atomic E-state index is 5.74. The van der Waals surface area contributed by atoms with Gasteiger partial charge in [0.1, 0.15) is 0 Å². The van der Waals surface area contributed by atoms with Crippen molar-refractivity contribution < 1.29 is 4.74 Å². The van der Waals surface area contributed by atoms with Gasteiger partial charge in [-0.05, 0) is 37.0 Å². The van der Waals surface area contributed by atoms with Crippen molar-refractivity contribution in [2.45, 2.75) is 26.3 Å². The number of ether oxygens (including phenoxy) is 1. The Hall–Kier alpha value is -1.49. The second-order valence-corrected chi connectivity index (χ2v) is 5.28. The van der Waals surface area contributed by atoms with Gasteiger partial charge in [0.15, 0.2) is 0 Å². The van der Waals surface area contributed by atoms with E-state index in [0.29, 0.717) is 5.92 Å². The second kappa shape index (κ2) is 6.79. The van der Waals surface area contributed by atoms with E-state index in [2.05, 4.69) is 31.4 Å². The lowest BCUT2D eigenvalue weighted by Gasteiger charge is -2.23. The maximum atomic E-state index is 5.74. The van der Waals surface area contributed by atoms with Gasteiger partial charge in [-0.25, -0.2) is 0 Å². The van der Waals surface area contributed by atoms with Crippen LogP contribution in [0.2, 0.25) is 0 Å². The van der Waals surface area contributed by atoms with Crippen LogP contribution in [-0.2, 0) is 4.74 Å². The number of para-hydroxylation sites is 1. The zero-order chi connectivity index (χ0) is 14.5. The van der Waals surface area contributed by atoms with E-state index in [4.69, 9.17) is 15.6 Å². The molecule has 2 aromatic rings. The molecule has 4 nitrogen and oxygen atoms in total. The van der Waals surface area contributed by atoms with Gasteiger partial charge in [-0.1, -0.05) is 25.1 Å². The topological polar surface area (TPSA) is 60.2 Å². The SMILES string of the molecule is COCCC(C)C(NN)c1cc(C)c2ccccc2n1. The molecule has 2 unspecified atom stereocenters. The van der Waals surface area contributed by atoms with Gasteiger partial charge < -0.3 is 4.74 Å². The minimum Gasteiger partial charge on any atom is -0.385 e. The van der Waals surface area contributed by atoms with Gasteiger partial charge in [0, 0.05) is 19.1 Å². The number of aromatic nitrogens is 1. The number of hydrogen-bond donors (Lipinski definition) is 2. The van der Waals surface area contributed by atoms with Gasteiger partial charge in [0.2, 0.25) is 0 Å². The van der Waals surface area contributed by atoms with Crippen molar-refractivity contribution in [3.63, 3.8) is 0 Å². The lowest BCUT2D eigenvalue weighted by Crippen LogP contribution is -2.33. The number of nitrogens with zero attached hydrogens (tertiary/aromatic N) is 1. The zero-order valence-corrected chi connectivity index (χ0v) is 12.4. The van der Waals surface area contributed by atoms with Gasteiger partial charge in [-0.3, -0.25) is 16.3 Å². The average molecular weight is 273 g/mol. The molecule has 0 radical (unpaired) electrons. The predicted octanol–water partition coefficient (Wildman–Crippen LogP) is 2.72. The smallest absolute Gasteiger partial charge is 0.0708 e. The highest BCUT2D eigenvalue weighted by Gasteiger charge is 2.20. The molecular formula is C16H23N3O.